The molecule has 4 nitrogen and oxygen atoms in total. The molecular weight excluding hydrogens is 222 g/mol. The highest BCUT2D eigenvalue weighted by Crippen LogP contribution is 2.11. The van der Waals surface area contributed by atoms with Crippen molar-refractivity contribution in [2.75, 3.05) is 0 Å². The van der Waals surface area contributed by atoms with Gasteiger partial charge >= 0.3 is 0 Å². The largest absolute Gasteiger partial charge is 0.347 e. The summed E-state index contributed by atoms with van der Waals surface area (Å²) in [6.45, 7) is 2.45. The Labute approximate surface area is 97.4 Å². The van der Waals surface area contributed by atoms with E-state index in [1.54, 1.807) is 41.4 Å². The summed E-state index contributed by atoms with van der Waals surface area (Å²) in [5.74, 6) is -0.110. The van der Waals surface area contributed by atoms with E-state index in [0.717, 1.165) is 10.6 Å². The van der Waals surface area contributed by atoms with Crippen molar-refractivity contribution in [1.82, 2.24) is 15.3 Å². The molecule has 0 aliphatic heterocycles. The normalized spacial score (nSPS) is 10.1. The number of aryl methyl sites for hydroxylation is 1. The maximum Gasteiger partial charge on any atom is 0.253 e. The minimum atomic E-state index is -0.110. The van der Waals surface area contributed by atoms with E-state index in [9.17, 15) is 4.79 Å². The molecular formula is C11H11N3OS. The van der Waals surface area contributed by atoms with Gasteiger partial charge in [0, 0.05) is 17.3 Å². The maximum atomic E-state index is 11.7. The van der Waals surface area contributed by atoms with Crippen molar-refractivity contribution < 1.29 is 4.79 Å². The van der Waals surface area contributed by atoms with Gasteiger partial charge in [0.2, 0.25) is 0 Å². The molecule has 0 spiro atoms. The minimum Gasteiger partial charge on any atom is -0.347 e. The molecule has 5 heteroatoms. The fourth-order valence-electron chi connectivity index (χ4n) is 1.26. The lowest BCUT2D eigenvalue weighted by molar-refractivity contribution is 0.0951. The monoisotopic (exact) mass is 233 g/mol. The van der Waals surface area contributed by atoms with Gasteiger partial charge in [0.1, 0.15) is 0 Å². The molecule has 1 N–H and O–H groups in total. The predicted molar refractivity (Wildman–Crippen MR) is 62.3 cm³/mol. The molecule has 0 bridgehead atoms. The fourth-order valence-corrected chi connectivity index (χ4v) is 1.97. The van der Waals surface area contributed by atoms with Gasteiger partial charge in [-0.05, 0) is 19.1 Å². The summed E-state index contributed by atoms with van der Waals surface area (Å²) in [5.41, 5.74) is 3.32. The number of carbonyl (C=O) groups excluding carboxylic acids is 1. The van der Waals surface area contributed by atoms with Crippen LogP contribution >= 0.6 is 11.3 Å². The van der Waals surface area contributed by atoms with Gasteiger partial charge in [-0.15, -0.1) is 11.3 Å². The zero-order valence-corrected chi connectivity index (χ0v) is 9.62. The van der Waals surface area contributed by atoms with Crippen LogP contribution in [0.2, 0.25) is 0 Å². The van der Waals surface area contributed by atoms with E-state index in [0.29, 0.717) is 12.1 Å². The lowest BCUT2D eigenvalue weighted by Crippen LogP contribution is -2.22. The van der Waals surface area contributed by atoms with E-state index in [1.165, 1.54) is 0 Å². The molecule has 0 saturated carbocycles. The Morgan fingerprint density at radius 1 is 1.56 bits per heavy atom. The second-order valence-electron chi connectivity index (χ2n) is 3.29. The van der Waals surface area contributed by atoms with Crippen molar-refractivity contribution in [2.45, 2.75) is 13.5 Å². The van der Waals surface area contributed by atoms with Gasteiger partial charge in [0.15, 0.2) is 0 Å². The Morgan fingerprint density at radius 3 is 3.06 bits per heavy atom. The SMILES string of the molecule is Cc1ncsc1CNC(=O)c1cccnc1. The second-order valence-corrected chi connectivity index (χ2v) is 4.22. The van der Waals surface area contributed by atoms with Gasteiger partial charge in [0.05, 0.1) is 23.3 Å². The zero-order chi connectivity index (χ0) is 11.4. The Hall–Kier alpha value is -1.75. The molecule has 2 aromatic rings. The lowest BCUT2D eigenvalue weighted by atomic mass is 10.2. The highest BCUT2D eigenvalue weighted by molar-refractivity contribution is 7.09. The number of nitrogens with zero attached hydrogens (tertiary/aromatic N) is 2. The third kappa shape index (κ3) is 2.43. The molecule has 2 aromatic heterocycles. The van der Waals surface area contributed by atoms with E-state index >= 15 is 0 Å². The van der Waals surface area contributed by atoms with Crippen LogP contribution in [0, 0.1) is 6.92 Å². The van der Waals surface area contributed by atoms with Crippen molar-refractivity contribution in [2.24, 2.45) is 0 Å². The highest BCUT2D eigenvalue weighted by Gasteiger charge is 2.06. The smallest absolute Gasteiger partial charge is 0.253 e. The van der Waals surface area contributed by atoms with Gasteiger partial charge in [0.25, 0.3) is 5.91 Å². The van der Waals surface area contributed by atoms with Crippen LogP contribution in [0.25, 0.3) is 0 Å². The van der Waals surface area contributed by atoms with Gasteiger partial charge in [-0.25, -0.2) is 4.98 Å². The molecule has 1 amide bonds. The number of pyridine rings is 1. The van der Waals surface area contributed by atoms with Crippen LogP contribution in [0.3, 0.4) is 0 Å². The molecule has 0 fully saturated rings. The maximum absolute atomic E-state index is 11.7. The first-order valence-electron chi connectivity index (χ1n) is 4.84. The van der Waals surface area contributed by atoms with Crippen LogP contribution in [-0.2, 0) is 6.54 Å². The third-order valence-electron chi connectivity index (χ3n) is 2.18. The molecule has 16 heavy (non-hydrogen) atoms. The molecule has 0 unspecified atom stereocenters. The molecule has 0 aliphatic carbocycles. The molecule has 2 rings (SSSR count). The van der Waals surface area contributed by atoms with Crippen molar-refractivity contribution in [3.63, 3.8) is 0 Å². The quantitative estimate of drug-likeness (QED) is 0.879. The van der Waals surface area contributed by atoms with E-state index < -0.39 is 0 Å². The number of hydrogen-bond donors (Lipinski definition) is 1. The molecule has 82 valence electrons. The summed E-state index contributed by atoms with van der Waals surface area (Å²) < 4.78 is 0. The zero-order valence-electron chi connectivity index (χ0n) is 8.80. The molecule has 2 heterocycles. The number of carbonyl (C=O) groups is 1. The fraction of sp³-hybridized carbons (Fsp3) is 0.182. The molecule has 0 radical (unpaired) electrons. The average molecular weight is 233 g/mol. The average Bonchev–Trinajstić information content (AvgIpc) is 2.73. The first-order valence-corrected chi connectivity index (χ1v) is 5.72. The Kier molecular flexibility index (Phi) is 3.26. The molecule has 0 aromatic carbocycles. The van der Waals surface area contributed by atoms with Gasteiger partial charge in [-0.3, -0.25) is 9.78 Å². The number of aromatic nitrogens is 2. The van der Waals surface area contributed by atoms with Gasteiger partial charge < -0.3 is 5.32 Å². The van der Waals surface area contributed by atoms with Crippen molar-refractivity contribution in [3.8, 4) is 0 Å². The van der Waals surface area contributed by atoms with E-state index in [2.05, 4.69) is 15.3 Å². The highest BCUT2D eigenvalue weighted by atomic mass is 32.1. The van der Waals surface area contributed by atoms with E-state index in [-0.39, 0.29) is 5.91 Å². The van der Waals surface area contributed by atoms with Crippen LogP contribution in [0.1, 0.15) is 20.9 Å². The summed E-state index contributed by atoms with van der Waals surface area (Å²) >= 11 is 1.55. The summed E-state index contributed by atoms with van der Waals surface area (Å²) in [4.78, 5) is 20.8. The number of amides is 1. The first kappa shape index (κ1) is 10.8. The Morgan fingerprint density at radius 2 is 2.44 bits per heavy atom. The van der Waals surface area contributed by atoms with E-state index in [4.69, 9.17) is 0 Å². The van der Waals surface area contributed by atoms with Crippen LogP contribution in [0.15, 0.2) is 30.0 Å². The van der Waals surface area contributed by atoms with Crippen LogP contribution in [0.4, 0.5) is 0 Å². The van der Waals surface area contributed by atoms with Crippen LogP contribution in [0.5, 0.6) is 0 Å². The molecule has 0 saturated heterocycles. The summed E-state index contributed by atoms with van der Waals surface area (Å²) in [5, 5.41) is 2.83. The number of rotatable bonds is 3. The van der Waals surface area contributed by atoms with Crippen molar-refractivity contribution in [1.29, 1.82) is 0 Å². The summed E-state index contributed by atoms with van der Waals surface area (Å²) in [6, 6.07) is 3.48. The Balaban J connectivity index is 1.97. The first-order chi connectivity index (χ1) is 7.77. The molecule has 0 atom stereocenters. The molecule has 0 aliphatic rings. The van der Waals surface area contributed by atoms with Crippen molar-refractivity contribution in [3.05, 3.63) is 46.2 Å². The second kappa shape index (κ2) is 4.85. The Bertz CT molecular complexity index is 481. The van der Waals surface area contributed by atoms with Crippen molar-refractivity contribution >= 4 is 17.2 Å². The minimum absolute atomic E-state index is 0.110. The standard InChI is InChI=1S/C11H11N3OS/c1-8-10(16-7-14-8)6-13-11(15)9-3-2-4-12-5-9/h2-5,7H,6H2,1H3,(H,13,15). The van der Waals surface area contributed by atoms with Crippen LogP contribution < -0.4 is 5.32 Å². The van der Waals surface area contributed by atoms with E-state index in [1.807, 2.05) is 6.92 Å². The van der Waals surface area contributed by atoms with Gasteiger partial charge in [-0.2, -0.15) is 0 Å². The summed E-state index contributed by atoms with van der Waals surface area (Å²) in [6.07, 6.45) is 3.19. The summed E-state index contributed by atoms with van der Waals surface area (Å²) in [7, 11) is 0. The lowest BCUT2D eigenvalue weighted by Gasteiger charge is -2.03. The van der Waals surface area contributed by atoms with Gasteiger partial charge in [-0.1, -0.05) is 0 Å². The number of nitrogens with one attached hydrogen (secondary N) is 1. The topological polar surface area (TPSA) is 54.9 Å². The number of hydrogen-bond acceptors (Lipinski definition) is 4. The third-order valence-corrected chi connectivity index (χ3v) is 3.11. The number of thiazole rings is 1. The predicted octanol–water partition coefficient (Wildman–Crippen LogP) is 1.78. The van der Waals surface area contributed by atoms with Crippen LogP contribution in [-0.4, -0.2) is 15.9 Å².